The van der Waals surface area contributed by atoms with E-state index in [-0.39, 0.29) is 5.91 Å². The van der Waals surface area contributed by atoms with E-state index in [4.69, 9.17) is 5.26 Å². The molecule has 0 spiro atoms. The number of carbonyl (C=O) groups is 1. The van der Waals surface area contributed by atoms with E-state index in [0.29, 0.717) is 6.42 Å². The molecule has 2 aromatic carbocycles. The molecule has 0 radical (unpaired) electrons. The van der Waals surface area contributed by atoms with Crippen LogP contribution in [0.5, 0.6) is 0 Å². The van der Waals surface area contributed by atoms with Crippen molar-refractivity contribution in [2.75, 3.05) is 11.1 Å². The van der Waals surface area contributed by atoms with Gasteiger partial charge in [0.05, 0.1) is 11.6 Å². The van der Waals surface area contributed by atoms with Crippen molar-refractivity contribution in [1.29, 1.82) is 5.26 Å². The molecule has 3 nitrogen and oxygen atoms in total. The second-order valence-corrected chi connectivity index (χ2v) is 6.45. The molecule has 0 heterocycles. The van der Waals surface area contributed by atoms with Crippen LogP contribution in [-0.2, 0) is 10.5 Å². The van der Waals surface area contributed by atoms with Crippen molar-refractivity contribution in [3.05, 3.63) is 65.2 Å². The second kappa shape index (κ2) is 9.02. The Kier molecular flexibility index (Phi) is 6.71. The van der Waals surface area contributed by atoms with Crippen LogP contribution in [0.15, 0.2) is 48.5 Å². The number of aryl methyl sites for hydroxylation is 1. The third-order valence-electron chi connectivity index (χ3n) is 3.39. The van der Waals surface area contributed by atoms with Gasteiger partial charge in [0.2, 0.25) is 5.91 Å². The number of nitrogens with zero attached hydrogens (tertiary/aromatic N) is 1. The molecule has 1 amide bonds. The highest BCUT2D eigenvalue weighted by atomic mass is 32.2. The van der Waals surface area contributed by atoms with Gasteiger partial charge < -0.3 is 5.32 Å². The van der Waals surface area contributed by atoms with Crippen molar-refractivity contribution in [1.82, 2.24) is 0 Å². The Morgan fingerprint density at radius 3 is 2.83 bits per heavy atom. The minimum atomic E-state index is 0.0497. The number of nitrogens with one attached hydrogen (secondary N) is 1. The third-order valence-corrected chi connectivity index (χ3v) is 4.48. The number of anilines is 1. The number of nitriles is 1. The fraction of sp³-hybridized carbons (Fsp3) is 0.263. The lowest BCUT2D eigenvalue weighted by molar-refractivity contribution is -0.116. The standard InChI is InChI=1S/C19H20N2OS/c1-15-6-4-9-18(12-15)21-19(22)10-5-11-23-14-17-8-3-2-7-16(17)13-20/h2-4,6-9,12H,5,10-11,14H2,1H3,(H,21,22). The Bertz CT molecular complexity index is 707. The quantitative estimate of drug-likeness (QED) is 0.762. The second-order valence-electron chi connectivity index (χ2n) is 5.34. The third kappa shape index (κ3) is 5.80. The first-order valence-electron chi connectivity index (χ1n) is 7.61. The summed E-state index contributed by atoms with van der Waals surface area (Å²) in [4.78, 5) is 11.9. The van der Waals surface area contributed by atoms with Gasteiger partial charge in [-0.05, 0) is 48.4 Å². The molecule has 0 aliphatic heterocycles. The van der Waals surface area contributed by atoms with E-state index in [9.17, 15) is 4.79 Å². The zero-order valence-corrected chi connectivity index (χ0v) is 14.0. The largest absolute Gasteiger partial charge is 0.326 e. The van der Waals surface area contributed by atoms with Crippen molar-refractivity contribution in [2.24, 2.45) is 0 Å². The van der Waals surface area contributed by atoms with Gasteiger partial charge in [-0.25, -0.2) is 0 Å². The van der Waals surface area contributed by atoms with Crippen LogP contribution in [0.25, 0.3) is 0 Å². The van der Waals surface area contributed by atoms with Crippen LogP contribution >= 0.6 is 11.8 Å². The summed E-state index contributed by atoms with van der Waals surface area (Å²) in [5, 5.41) is 12.0. The maximum absolute atomic E-state index is 11.9. The van der Waals surface area contributed by atoms with Gasteiger partial charge in [-0.1, -0.05) is 30.3 Å². The Labute approximate surface area is 141 Å². The number of hydrogen-bond acceptors (Lipinski definition) is 3. The molecular weight excluding hydrogens is 304 g/mol. The molecule has 118 valence electrons. The van der Waals surface area contributed by atoms with Crippen molar-refractivity contribution in [3.8, 4) is 6.07 Å². The molecule has 0 aromatic heterocycles. The monoisotopic (exact) mass is 324 g/mol. The first kappa shape index (κ1) is 17.1. The average Bonchev–Trinajstić information content (AvgIpc) is 2.55. The normalized spacial score (nSPS) is 10.1. The van der Waals surface area contributed by atoms with Crippen LogP contribution in [0.2, 0.25) is 0 Å². The summed E-state index contributed by atoms with van der Waals surface area (Å²) in [5.74, 6) is 1.76. The Morgan fingerprint density at radius 2 is 2.04 bits per heavy atom. The summed E-state index contributed by atoms with van der Waals surface area (Å²) in [6, 6.07) is 17.7. The van der Waals surface area contributed by atoms with Gasteiger partial charge in [0.15, 0.2) is 0 Å². The van der Waals surface area contributed by atoms with Gasteiger partial charge in [-0.15, -0.1) is 0 Å². The molecule has 0 aliphatic carbocycles. The van der Waals surface area contributed by atoms with Crippen LogP contribution in [-0.4, -0.2) is 11.7 Å². The van der Waals surface area contributed by atoms with E-state index in [1.807, 2.05) is 55.5 Å². The summed E-state index contributed by atoms with van der Waals surface area (Å²) in [5.41, 5.74) is 3.78. The number of thioether (sulfide) groups is 1. The summed E-state index contributed by atoms with van der Waals surface area (Å²) in [6.45, 7) is 2.01. The topological polar surface area (TPSA) is 52.9 Å². The SMILES string of the molecule is Cc1cccc(NC(=O)CCCSCc2ccccc2C#N)c1. The molecule has 0 atom stereocenters. The zero-order chi connectivity index (χ0) is 16.5. The van der Waals surface area contributed by atoms with E-state index in [1.165, 1.54) is 0 Å². The van der Waals surface area contributed by atoms with E-state index in [1.54, 1.807) is 11.8 Å². The smallest absolute Gasteiger partial charge is 0.224 e. The minimum absolute atomic E-state index is 0.0497. The maximum atomic E-state index is 11.9. The molecule has 0 saturated heterocycles. The first-order valence-corrected chi connectivity index (χ1v) is 8.77. The molecule has 0 bridgehead atoms. The Hall–Kier alpha value is -2.25. The molecule has 0 saturated carbocycles. The Balaban J connectivity index is 1.67. The fourth-order valence-corrected chi connectivity index (χ4v) is 3.18. The number of rotatable bonds is 7. The van der Waals surface area contributed by atoms with Gasteiger partial charge in [0, 0.05) is 17.9 Å². The van der Waals surface area contributed by atoms with Gasteiger partial charge in [0.25, 0.3) is 0 Å². The maximum Gasteiger partial charge on any atom is 0.224 e. The zero-order valence-electron chi connectivity index (χ0n) is 13.2. The summed E-state index contributed by atoms with van der Waals surface area (Å²) in [7, 11) is 0. The molecule has 2 rings (SSSR count). The molecule has 0 fully saturated rings. The molecule has 23 heavy (non-hydrogen) atoms. The molecule has 0 aliphatic rings. The predicted octanol–water partition coefficient (Wildman–Crippen LogP) is 4.52. The van der Waals surface area contributed by atoms with Crippen LogP contribution in [0, 0.1) is 18.3 Å². The number of amides is 1. The molecule has 0 unspecified atom stereocenters. The predicted molar refractivity (Wildman–Crippen MR) is 96.4 cm³/mol. The van der Waals surface area contributed by atoms with Crippen molar-refractivity contribution in [2.45, 2.75) is 25.5 Å². The van der Waals surface area contributed by atoms with E-state index in [0.717, 1.165) is 40.3 Å². The minimum Gasteiger partial charge on any atom is -0.326 e. The molecule has 4 heteroatoms. The van der Waals surface area contributed by atoms with Gasteiger partial charge in [0.1, 0.15) is 0 Å². The highest BCUT2D eigenvalue weighted by molar-refractivity contribution is 7.98. The van der Waals surface area contributed by atoms with Crippen LogP contribution in [0.1, 0.15) is 29.5 Å². The summed E-state index contributed by atoms with van der Waals surface area (Å²) in [6.07, 6.45) is 1.35. The van der Waals surface area contributed by atoms with Crippen molar-refractivity contribution >= 4 is 23.4 Å². The van der Waals surface area contributed by atoms with Gasteiger partial charge >= 0.3 is 0 Å². The lowest BCUT2D eigenvalue weighted by atomic mass is 10.1. The molecule has 1 N–H and O–H groups in total. The fourth-order valence-electron chi connectivity index (χ4n) is 2.22. The van der Waals surface area contributed by atoms with E-state index < -0.39 is 0 Å². The molecular formula is C19H20N2OS. The Morgan fingerprint density at radius 1 is 1.22 bits per heavy atom. The van der Waals surface area contributed by atoms with E-state index >= 15 is 0 Å². The van der Waals surface area contributed by atoms with Crippen molar-refractivity contribution in [3.63, 3.8) is 0 Å². The number of carbonyl (C=O) groups excluding carboxylic acids is 1. The van der Waals surface area contributed by atoms with Gasteiger partial charge in [-0.2, -0.15) is 17.0 Å². The summed E-state index contributed by atoms with van der Waals surface area (Å²) >= 11 is 1.76. The number of benzene rings is 2. The highest BCUT2D eigenvalue weighted by Gasteiger charge is 2.04. The van der Waals surface area contributed by atoms with Crippen LogP contribution in [0.4, 0.5) is 5.69 Å². The molecule has 2 aromatic rings. The number of hydrogen-bond donors (Lipinski definition) is 1. The van der Waals surface area contributed by atoms with Gasteiger partial charge in [-0.3, -0.25) is 4.79 Å². The first-order chi connectivity index (χ1) is 11.2. The highest BCUT2D eigenvalue weighted by Crippen LogP contribution is 2.17. The van der Waals surface area contributed by atoms with Crippen molar-refractivity contribution < 1.29 is 4.79 Å². The van der Waals surface area contributed by atoms with E-state index in [2.05, 4.69) is 11.4 Å². The average molecular weight is 324 g/mol. The lowest BCUT2D eigenvalue weighted by Crippen LogP contribution is -2.11. The lowest BCUT2D eigenvalue weighted by Gasteiger charge is -2.06. The van der Waals surface area contributed by atoms with Crippen LogP contribution < -0.4 is 5.32 Å². The summed E-state index contributed by atoms with van der Waals surface area (Å²) < 4.78 is 0. The van der Waals surface area contributed by atoms with Crippen LogP contribution in [0.3, 0.4) is 0 Å².